The molecule has 0 amide bonds. The van der Waals surface area contributed by atoms with E-state index >= 15 is 0 Å². The molecule has 1 fully saturated rings. The highest BCUT2D eigenvalue weighted by Crippen LogP contribution is 2.39. The van der Waals surface area contributed by atoms with Gasteiger partial charge in [0.2, 0.25) is 0 Å². The van der Waals surface area contributed by atoms with Gasteiger partial charge in [0.15, 0.2) is 5.65 Å². The number of anilines is 1. The Balaban J connectivity index is 1.48. The van der Waals surface area contributed by atoms with Crippen LogP contribution in [0.25, 0.3) is 26.3 Å². The van der Waals surface area contributed by atoms with Crippen LogP contribution in [0.3, 0.4) is 0 Å². The first-order valence-electron chi connectivity index (χ1n) is 10.6. The van der Waals surface area contributed by atoms with E-state index in [1.54, 1.807) is 11.3 Å². The smallest absolute Gasteiger partial charge is 0.154 e. The first-order valence-corrected chi connectivity index (χ1v) is 11.4. The van der Waals surface area contributed by atoms with Crippen molar-refractivity contribution in [3.05, 3.63) is 42.6 Å². The summed E-state index contributed by atoms with van der Waals surface area (Å²) in [6, 6.07) is 12.7. The fraction of sp³-hybridized carbons (Fsp3) is 0.391. The monoisotopic (exact) mass is 422 g/mol. The summed E-state index contributed by atoms with van der Waals surface area (Å²) in [5, 5.41) is 19.3. The number of imidazole rings is 1. The van der Waals surface area contributed by atoms with Crippen molar-refractivity contribution in [3.8, 4) is 16.3 Å². The number of ether oxygens (including phenoxy) is 1. The minimum atomic E-state index is -0.156. The van der Waals surface area contributed by atoms with Crippen molar-refractivity contribution in [2.75, 3.05) is 5.32 Å². The summed E-state index contributed by atoms with van der Waals surface area (Å²) in [5.74, 6) is 1.76. The summed E-state index contributed by atoms with van der Waals surface area (Å²) in [5.41, 5.74) is 1.80. The van der Waals surface area contributed by atoms with Gasteiger partial charge in [-0.05, 0) is 69.2 Å². The summed E-state index contributed by atoms with van der Waals surface area (Å²) in [6.45, 7) is 4.09. The molecule has 4 aromatic rings. The van der Waals surface area contributed by atoms with Gasteiger partial charge in [-0.2, -0.15) is 0 Å². The normalized spacial score (nSPS) is 19.6. The number of nitrogens with one attached hydrogen (secondary N) is 1. The molecule has 3 aromatic heterocycles. The third-order valence-corrected chi connectivity index (χ3v) is 6.72. The molecule has 0 aliphatic heterocycles. The van der Waals surface area contributed by atoms with Gasteiger partial charge in [0.05, 0.1) is 28.0 Å². The number of fused-ring (bicyclic) bond motifs is 2. The summed E-state index contributed by atoms with van der Waals surface area (Å²) >= 11 is 1.71. The number of thiophene rings is 1. The van der Waals surface area contributed by atoms with Crippen molar-refractivity contribution < 1.29 is 9.84 Å². The third-order valence-electron chi connectivity index (χ3n) is 5.53. The predicted octanol–water partition coefficient (Wildman–Crippen LogP) is 5.11. The lowest BCUT2D eigenvalue weighted by molar-refractivity contribution is 0.126. The zero-order chi connectivity index (χ0) is 20.7. The molecule has 2 N–H and O–H groups in total. The number of aromatic nitrogens is 3. The van der Waals surface area contributed by atoms with Gasteiger partial charge < -0.3 is 15.2 Å². The van der Waals surface area contributed by atoms with Crippen molar-refractivity contribution >= 4 is 32.9 Å². The highest BCUT2D eigenvalue weighted by atomic mass is 32.1. The van der Waals surface area contributed by atoms with E-state index in [0.717, 1.165) is 63.6 Å². The molecule has 5 rings (SSSR count). The average Bonchev–Trinajstić information content (AvgIpc) is 3.33. The molecule has 0 radical (unpaired) electrons. The van der Waals surface area contributed by atoms with Crippen LogP contribution in [0.5, 0.6) is 5.75 Å². The van der Waals surface area contributed by atoms with Crippen molar-refractivity contribution in [1.29, 1.82) is 0 Å². The SMILES string of the molecule is CC(C)Oc1cccc2cc(-c3cnc4ccc(N[C@H]5CC[C@H](O)CC5)nn34)sc12. The predicted molar refractivity (Wildman–Crippen MR) is 121 cm³/mol. The molecule has 7 heteroatoms. The lowest BCUT2D eigenvalue weighted by Crippen LogP contribution is -2.28. The zero-order valence-corrected chi connectivity index (χ0v) is 18.0. The van der Waals surface area contributed by atoms with Gasteiger partial charge in [0.25, 0.3) is 0 Å². The molecule has 30 heavy (non-hydrogen) atoms. The fourth-order valence-corrected chi connectivity index (χ4v) is 5.17. The Kier molecular flexibility index (Phi) is 5.08. The van der Waals surface area contributed by atoms with Gasteiger partial charge in [-0.1, -0.05) is 12.1 Å². The van der Waals surface area contributed by atoms with Gasteiger partial charge in [-0.15, -0.1) is 16.4 Å². The number of benzene rings is 1. The average molecular weight is 423 g/mol. The molecule has 1 aliphatic rings. The molecule has 1 aliphatic carbocycles. The summed E-state index contributed by atoms with van der Waals surface area (Å²) < 4.78 is 9.06. The van der Waals surface area contributed by atoms with Gasteiger partial charge >= 0.3 is 0 Å². The molecule has 156 valence electrons. The highest BCUT2D eigenvalue weighted by Gasteiger charge is 2.20. The number of hydrogen-bond donors (Lipinski definition) is 2. The molecular weight excluding hydrogens is 396 g/mol. The minimum Gasteiger partial charge on any atom is -0.490 e. The van der Waals surface area contributed by atoms with E-state index in [2.05, 4.69) is 22.4 Å². The topological polar surface area (TPSA) is 71.7 Å². The summed E-state index contributed by atoms with van der Waals surface area (Å²) in [6.07, 6.45) is 5.48. The van der Waals surface area contributed by atoms with Crippen LogP contribution in [0.1, 0.15) is 39.5 Å². The molecule has 0 unspecified atom stereocenters. The lowest BCUT2D eigenvalue weighted by Gasteiger charge is -2.26. The number of nitrogens with zero attached hydrogens (tertiary/aromatic N) is 3. The molecule has 0 saturated heterocycles. The molecule has 0 spiro atoms. The van der Waals surface area contributed by atoms with E-state index < -0.39 is 0 Å². The molecule has 0 atom stereocenters. The zero-order valence-electron chi connectivity index (χ0n) is 17.2. The Bertz CT molecular complexity index is 1170. The first-order chi connectivity index (χ1) is 14.6. The quantitative estimate of drug-likeness (QED) is 0.467. The first kappa shape index (κ1) is 19.3. The van der Waals surface area contributed by atoms with Crippen molar-refractivity contribution in [2.24, 2.45) is 0 Å². The fourth-order valence-electron chi connectivity index (χ4n) is 4.06. The van der Waals surface area contributed by atoms with E-state index in [0.29, 0.717) is 6.04 Å². The van der Waals surface area contributed by atoms with Crippen LogP contribution >= 0.6 is 11.3 Å². The van der Waals surface area contributed by atoms with Gasteiger partial charge in [-0.25, -0.2) is 9.50 Å². The molecule has 0 bridgehead atoms. The summed E-state index contributed by atoms with van der Waals surface area (Å²) in [7, 11) is 0. The molecule has 1 aromatic carbocycles. The summed E-state index contributed by atoms with van der Waals surface area (Å²) in [4.78, 5) is 5.66. The Morgan fingerprint density at radius 3 is 2.80 bits per heavy atom. The third kappa shape index (κ3) is 3.75. The second-order valence-corrected chi connectivity index (χ2v) is 9.29. The van der Waals surface area contributed by atoms with Crippen molar-refractivity contribution in [1.82, 2.24) is 14.6 Å². The van der Waals surface area contributed by atoms with E-state index in [4.69, 9.17) is 9.84 Å². The van der Waals surface area contributed by atoms with Crippen LogP contribution in [0.2, 0.25) is 0 Å². The van der Waals surface area contributed by atoms with E-state index in [9.17, 15) is 5.11 Å². The van der Waals surface area contributed by atoms with E-state index in [1.807, 2.05) is 48.8 Å². The number of hydrogen-bond acceptors (Lipinski definition) is 6. The maximum Gasteiger partial charge on any atom is 0.154 e. The molecular formula is C23H26N4O2S. The maximum atomic E-state index is 9.73. The second-order valence-electron chi connectivity index (χ2n) is 8.23. The van der Waals surface area contributed by atoms with Crippen LogP contribution in [0.15, 0.2) is 42.6 Å². The van der Waals surface area contributed by atoms with Crippen molar-refractivity contribution in [3.63, 3.8) is 0 Å². The van der Waals surface area contributed by atoms with Gasteiger partial charge in [0, 0.05) is 6.04 Å². The lowest BCUT2D eigenvalue weighted by atomic mass is 9.93. The standard InChI is InChI=1S/C23H26N4O2S/c1-14(2)29-19-5-3-4-15-12-20(30-23(15)19)18-13-24-22-11-10-21(26-27(18)22)25-16-6-8-17(28)9-7-16/h3-5,10-14,16-17,28H,6-9H2,1-2H3,(H,25,26)/t16-,17-. The van der Waals surface area contributed by atoms with Gasteiger partial charge in [0.1, 0.15) is 17.3 Å². The van der Waals surface area contributed by atoms with E-state index in [1.165, 1.54) is 0 Å². The van der Waals surface area contributed by atoms with Crippen LogP contribution in [0, 0.1) is 0 Å². The van der Waals surface area contributed by atoms with Crippen LogP contribution in [-0.2, 0) is 0 Å². The Morgan fingerprint density at radius 2 is 2.00 bits per heavy atom. The molecule has 1 saturated carbocycles. The van der Waals surface area contributed by atoms with Crippen LogP contribution in [0.4, 0.5) is 5.82 Å². The Hall–Kier alpha value is -2.64. The molecule has 3 heterocycles. The minimum absolute atomic E-state index is 0.133. The number of aliphatic hydroxyl groups excluding tert-OH is 1. The van der Waals surface area contributed by atoms with Crippen LogP contribution in [-0.4, -0.2) is 38.0 Å². The van der Waals surface area contributed by atoms with Gasteiger partial charge in [-0.3, -0.25) is 0 Å². The second kappa shape index (κ2) is 7.89. The number of rotatable bonds is 5. The van der Waals surface area contributed by atoms with Crippen LogP contribution < -0.4 is 10.1 Å². The highest BCUT2D eigenvalue weighted by molar-refractivity contribution is 7.22. The van der Waals surface area contributed by atoms with E-state index in [-0.39, 0.29) is 12.2 Å². The molecule has 6 nitrogen and oxygen atoms in total. The maximum absolute atomic E-state index is 9.73. The Morgan fingerprint density at radius 1 is 1.17 bits per heavy atom. The number of aliphatic hydroxyl groups is 1. The largest absolute Gasteiger partial charge is 0.490 e. The van der Waals surface area contributed by atoms with Crippen molar-refractivity contribution in [2.45, 2.75) is 57.8 Å². The Labute approximate surface area is 179 Å².